The zero-order chi connectivity index (χ0) is 23.8. The quantitative estimate of drug-likeness (QED) is 0.246. The van der Waals surface area contributed by atoms with Crippen molar-refractivity contribution in [3.63, 3.8) is 0 Å². The lowest BCUT2D eigenvalue weighted by Crippen LogP contribution is -2.22. The molecule has 9 heteroatoms. The van der Waals surface area contributed by atoms with Crippen LogP contribution in [0.5, 0.6) is 17.2 Å². The Morgan fingerprint density at radius 2 is 1.75 bits per heavy atom. The summed E-state index contributed by atoms with van der Waals surface area (Å²) in [7, 11) is 0. The number of aryl methyl sites for hydroxylation is 1. The highest BCUT2D eigenvalue weighted by molar-refractivity contribution is 9.10. The molecule has 3 N–H and O–H groups in total. The first kappa shape index (κ1) is 25.2. The van der Waals surface area contributed by atoms with Crippen LogP contribution in [0.2, 0.25) is 0 Å². The largest absolute Gasteiger partial charge is 0.507 e. The number of carbonyl (C=O) groups is 3. The summed E-state index contributed by atoms with van der Waals surface area (Å²) in [5.41, 5.74) is 1.91. The molecule has 8 nitrogen and oxygen atoms in total. The smallest absolute Gasteiger partial charge is 0.394 e. The van der Waals surface area contributed by atoms with Crippen LogP contribution in [0.3, 0.4) is 0 Å². The zero-order valence-corrected chi connectivity index (χ0v) is 19.7. The molecule has 0 heterocycles. The summed E-state index contributed by atoms with van der Waals surface area (Å²) in [6.07, 6.45) is 1.90. The standard InChI is InChI=1S/C23H26BrNO7/c1-4-6-16-19(8-7-15(14(3)26)21(16)27)31-9-5-10-32-20-12-18(13(2)11-17(20)24)25-22(28)23(29)30/h7-8,11-12,27H,4-6,9-10H2,1-3H3,(H,25,28)(H,29,30). The third kappa shape index (κ3) is 6.46. The molecule has 32 heavy (non-hydrogen) atoms. The van der Waals surface area contributed by atoms with Gasteiger partial charge in [-0.25, -0.2) is 4.79 Å². The van der Waals surface area contributed by atoms with E-state index in [4.69, 9.17) is 14.6 Å². The number of carboxylic acids is 1. The molecule has 2 aromatic carbocycles. The molecule has 1 amide bonds. The number of hydrogen-bond donors (Lipinski definition) is 3. The van der Waals surface area contributed by atoms with Gasteiger partial charge in [-0.05, 0) is 60.0 Å². The normalized spacial score (nSPS) is 10.5. The Labute approximate surface area is 194 Å². The number of carbonyl (C=O) groups excluding carboxylic acids is 2. The molecule has 0 radical (unpaired) electrons. The zero-order valence-electron chi connectivity index (χ0n) is 18.2. The molecule has 2 rings (SSSR count). The fraction of sp³-hybridized carbons (Fsp3) is 0.348. The lowest BCUT2D eigenvalue weighted by atomic mass is 10.0. The molecule has 0 aliphatic heterocycles. The number of amides is 1. The van der Waals surface area contributed by atoms with Crippen molar-refractivity contribution in [2.24, 2.45) is 0 Å². The SMILES string of the molecule is CCCc1c(OCCCOc2cc(NC(=O)C(=O)O)c(C)cc2Br)ccc(C(C)=O)c1O. The van der Waals surface area contributed by atoms with Crippen LogP contribution >= 0.6 is 15.9 Å². The van der Waals surface area contributed by atoms with E-state index in [1.54, 1.807) is 31.2 Å². The number of ether oxygens (including phenoxy) is 2. The molecule has 0 fully saturated rings. The van der Waals surface area contributed by atoms with E-state index < -0.39 is 11.9 Å². The Hall–Kier alpha value is -3.07. The molecule has 0 aliphatic rings. The van der Waals surface area contributed by atoms with Gasteiger partial charge in [0.2, 0.25) is 0 Å². The first-order valence-corrected chi connectivity index (χ1v) is 10.9. The molecular formula is C23H26BrNO7. The van der Waals surface area contributed by atoms with Crippen LogP contribution in [0.1, 0.15) is 48.2 Å². The predicted octanol–water partition coefficient (Wildman–Crippen LogP) is 4.49. The van der Waals surface area contributed by atoms with Crippen LogP contribution in [-0.4, -0.2) is 41.1 Å². The van der Waals surface area contributed by atoms with Crippen LogP contribution in [0, 0.1) is 6.92 Å². The van der Waals surface area contributed by atoms with Crippen molar-refractivity contribution in [1.82, 2.24) is 0 Å². The highest BCUT2D eigenvalue weighted by Gasteiger charge is 2.16. The lowest BCUT2D eigenvalue weighted by Gasteiger charge is -2.15. The number of phenolic OH excluding ortho intramolecular Hbond substituents is 1. The van der Waals surface area contributed by atoms with Gasteiger partial charge in [-0.3, -0.25) is 9.59 Å². The number of halogens is 1. The van der Waals surface area contributed by atoms with Crippen LogP contribution < -0.4 is 14.8 Å². The van der Waals surface area contributed by atoms with Gasteiger partial charge in [0.1, 0.15) is 17.2 Å². The fourth-order valence-corrected chi connectivity index (χ4v) is 3.60. The molecule has 0 bridgehead atoms. The summed E-state index contributed by atoms with van der Waals surface area (Å²) >= 11 is 3.39. The van der Waals surface area contributed by atoms with E-state index in [1.807, 2.05) is 6.92 Å². The maximum Gasteiger partial charge on any atom is 0.394 e. The second kappa shape index (κ2) is 11.5. The number of anilines is 1. The van der Waals surface area contributed by atoms with Crippen molar-refractivity contribution >= 4 is 39.3 Å². The van der Waals surface area contributed by atoms with Gasteiger partial charge in [-0.2, -0.15) is 0 Å². The van der Waals surface area contributed by atoms with E-state index in [2.05, 4.69) is 21.2 Å². The number of Topliss-reactive ketones (excluding diaryl/α,β-unsaturated/α-hetero) is 1. The van der Waals surface area contributed by atoms with Crippen molar-refractivity contribution in [3.8, 4) is 17.2 Å². The first-order valence-electron chi connectivity index (χ1n) is 10.1. The fourth-order valence-electron chi connectivity index (χ4n) is 3.03. The molecule has 172 valence electrons. The number of phenols is 1. The molecule has 0 saturated heterocycles. The summed E-state index contributed by atoms with van der Waals surface area (Å²) in [4.78, 5) is 33.9. The number of nitrogens with one attached hydrogen (secondary N) is 1. The van der Waals surface area contributed by atoms with E-state index >= 15 is 0 Å². The highest BCUT2D eigenvalue weighted by Crippen LogP contribution is 2.33. The van der Waals surface area contributed by atoms with Crippen LogP contribution in [0.15, 0.2) is 28.7 Å². The van der Waals surface area contributed by atoms with Crippen molar-refractivity contribution in [3.05, 3.63) is 45.4 Å². The minimum atomic E-state index is -1.57. The highest BCUT2D eigenvalue weighted by atomic mass is 79.9. The molecule has 0 atom stereocenters. The van der Waals surface area contributed by atoms with E-state index in [-0.39, 0.29) is 17.1 Å². The number of ketones is 1. The van der Waals surface area contributed by atoms with Crippen molar-refractivity contribution in [1.29, 1.82) is 0 Å². The van der Waals surface area contributed by atoms with Gasteiger partial charge in [0.25, 0.3) is 0 Å². The van der Waals surface area contributed by atoms with E-state index in [0.717, 1.165) is 6.42 Å². The molecule has 2 aromatic rings. The number of aromatic hydroxyl groups is 1. The second-order valence-corrected chi connectivity index (χ2v) is 8.01. The molecule has 0 unspecified atom stereocenters. The Morgan fingerprint density at radius 3 is 2.34 bits per heavy atom. The van der Waals surface area contributed by atoms with E-state index in [0.29, 0.717) is 58.8 Å². The van der Waals surface area contributed by atoms with Crippen LogP contribution in [-0.2, 0) is 16.0 Å². The Bertz CT molecular complexity index is 1020. The average molecular weight is 508 g/mol. The maximum atomic E-state index is 11.7. The van der Waals surface area contributed by atoms with Crippen molar-refractivity contribution in [2.75, 3.05) is 18.5 Å². The van der Waals surface area contributed by atoms with E-state index in [1.165, 1.54) is 6.92 Å². The second-order valence-electron chi connectivity index (χ2n) is 7.15. The van der Waals surface area contributed by atoms with Crippen molar-refractivity contribution in [2.45, 2.75) is 40.0 Å². The number of hydrogen-bond acceptors (Lipinski definition) is 6. The maximum absolute atomic E-state index is 11.7. The third-order valence-corrected chi connectivity index (χ3v) is 5.26. The van der Waals surface area contributed by atoms with Gasteiger partial charge in [-0.15, -0.1) is 0 Å². The molecule has 0 aromatic heterocycles. The van der Waals surface area contributed by atoms with Gasteiger partial charge in [0.05, 0.1) is 23.2 Å². The molecule has 0 aliphatic carbocycles. The molecular weight excluding hydrogens is 482 g/mol. The van der Waals surface area contributed by atoms with Gasteiger partial charge in [-0.1, -0.05) is 13.3 Å². The third-order valence-electron chi connectivity index (χ3n) is 4.64. The average Bonchev–Trinajstić information content (AvgIpc) is 2.72. The Balaban J connectivity index is 1.98. The number of carboxylic acid groups (broad SMARTS) is 1. The number of benzene rings is 2. The Kier molecular flexibility index (Phi) is 9.07. The minimum absolute atomic E-state index is 0.0346. The molecule has 0 saturated carbocycles. The number of aliphatic carboxylic acids is 1. The summed E-state index contributed by atoms with van der Waals surface area (Å²) in [5.74, 6) is -1.96. The van der Waals surface area contributed by atoms with Gasteiger partial charge in [0.15, 0.2) is 5.78 Å². The molecule has 0 spiro atoms. The van der Waals surface area contributed by atoms with Gasteiger partial charge < -0.3 is 25.0 Å². The number of rotatable bonds is 10. The predicted molar refractivity (Wildman–Crippen MR) is 123 cm³/mol. The van der Waals surface area contributed by atoms with Crippen LogP contribution in [0.25, 0.3) is 0 Å². The van der Waals surface area contributed by atoms with Crippen molar-refractivity contribution < 1.29 is 34.1 Å². The lowest BCUT2D eigenvalue weighted by molar-refractivity contribution is -0.147. The van der Waals surface area contributed by atoms with Crippen LogP contribution in [0.4, 0.5) is 5.69 Å². The Morgan fingerprint density at radius 1 is 1.09 bits per heavy atom. The summed E-state index contributed by atoms with van der Waals surface area (Å²) in [6, 6.07) is 6.52. The van der Waals surface area contributed by atoms with E-state index in [9.17, 15) is 19.5 Å². The summed E-state index contributed by atoms with van der Waals surface area (Å²) in [5, 5.41) is 21.5. The monoisotopic (exact) mass is 507 g/mol. The minimum Gasteiger partial charge on any atom is -0.507 e. The first-order chi connectivity index (χ1) is 15.1. The summed E-state index contributed by atoms with van der Waals surface area (Å²) < 4.78 is 12.2. The topological polar surface area (TPSA) is 122 Å². The van der Waals surface area contributed by atoms with Gasteiger partial charge >= 0.3 is 11.9 Å². The summed E-state index contributed by atoms with van der Waals surface area (Å²) in [6.45, 7) is 5.74. The van der Waals surface area contributed by atoms with Gasteiger partial charge in [0, 0.05) is 23.7 Å².